The highest BCUT2D eigenvalue weighted by Gasteiger charge is 2.27. The van der Waals surface area contributed by atoms with Gasteiger partial charge in [-0.15, -0.1) is 0 Å². The van der Waals surface area contributed by atoms with Gasteiger partial charge in [-0.1, -0.05) is 15.9 Å². The Bertz CT molecular complexity index is 446. The normalized spacial score (nSPS) is 11.2. The first-order valence-corrected chi connectivity index (χ1v) is 6.66. The van der Waals surface area contributed by atoms with Gasteiger partial charge >= 0.3 is 0 Å². The Balaban J connectivity index is 3.01. The minimum Gasteiger partial charge on any atom is -0.504 e. The highest BCUT2D eigenvalue weighted by Crippen LogP contribution is 2.27. The van der Waals surface area contributed by atoms with Crippen LogP contribution in [0, 0.1) is 0 Å². The third kappa shape index (κ3) is 2.96. The molecule has 0 fully saturated rings. The zero-order chi connectivity index (χ0) is 13.9. The predicted octanol–water partition coefficient (Wildman–Crippen LogP) is 2.65. The zero-order valence-electron chi connectivity index (χ0n) is 11.0. The molecule has 0 aliphatic rings. The van der Waals surface area contributed by atoms with Crippen LogP contribution in [0.4, 0.5) is 0 Å². The first kappa shape index (κ1) is 14.8. The van der Waals surface area contributed by atoms with Gasteiger partial charge in [-0.2, -0.15) is 0 Å². The van der Waals surface area contributed by atoms with Gasteiger partial charge in [0.25, 0.3) is 5.91 Å². The maximum atomic E-state index is 12.3. The fraction of sp³-hybridized carbons (Fsp3) is 0.462. The molecule has 0 atom stereocenters. The quantitative estimate of drug-likeness (QED) is 0.869. The maximum absolute atomic E-state index is 12.3. The van der Waals surface area contributed by atoms with Gasteiger partial charge in [0, 0.05) is 23.5 Å². The maximum Gasteiger partial charge on any atom is 0.254 e. The minimum atomic E-state index is -0.299. The number of rotatable bonds is 4. The van der Waals surface area contributed by atoms with Crippen LogP contribution in [0.5, 0.6) is 11.5 Å². The van der Waals surface area contributed by atoms with Crippen molar-refractivity contribution in [1.29, 1.82) is 0 Å². The van der Waals surface area contributed by atoms with E-state index < -0.39 is 0 Å². The predicted molar refractivity (Wildman–Crippen MR) is 74.6 cm³/mol. The van der Waals surface area contributed by atoms with E-state index in [9.17, 15) is 9.90 Å². The van der Waals surface area contributed by atoms with Gasteiger partial charge in [0.2, 0.25) is 0 Å². The number of alkyl halides is 1. The number of phenols is 1. The van der Waals surface area contributed by atoms with Crippen LogP contribution in [0.25, 0.3) is 0 Å². The van der Waals surface area contributed by atoms with Crippen LogP contribution in [0.15, 0.2) is 18.2 Å². The van der Waals surface area contributed by atoms with Crippen molar-refractivity contribution < 1.29 is 14.6 Å². The van der Waals surface area contributed by atoms with E-state index in [1.165, 1.54) is 13.2 Å². The molecule has 1 N–H and O–H groups in total. The molecule has 1 aromatic rings. The summed E-state index contributed by atoms with van der Waals surface area (Å²) in [6, 6.07) is 4.64. The van der Waals surface area contributed by atoms with E-state index in [-0.39, 0.29) is 17.2 Å². The molecule has 5 heteroatoms. The molecule has 0 unspecified atom stereocenters. The Kier molecular flexibility index (Phi) is 4.62. The highest BCUT2D eigenvalue weighted by atomic mass is 79.9. The van der Waals surface area contributed by atoms with Crippen molar-refractivity contribution in [3.05, 3.63) is 23.8 Å². The number of methoxy groups -OCH3 is 1. The molecule has 100 valence electrons. The molecule has 0 saturated heterocycles. The second-order valence-electron chi connectivity index (χ2n) is 4.70. The van der Waals surface area contributed by atoms with E-state index in [1.54, 1.807) is 24.1 Å². The lowest BCUT2D eigenvalue weighted by atomic mass is 10.0. The van der Waals surface area contributed by atoms with Crippen molar-refractivity contribution in [1.82, 2.24) is 4.90 Å². The Morgan fingerprint density at radius 2 is 2.11 bits per heavy atom. The monoisotopic (exact) mass is 315 g/mol. The SMILES string of the molecule is COc1ccc(C(=O)N(C)C(C)(C)CBr)cc1O. The number of carbonyl (C=O) groups is 1. The highest BCUT2D eigenvalue weighted by molar-refractivity contribution is 9.09. The van der Waals surface area contributed by atoms with Crippen LogP contribution >= 0.6 is 15.9 Å². The van der Waals surface area contributed by atoms with Crippen molar-refractivity contribution in [3.63, 3.8) is 0 Å². The molecule has 1 rings (SSSR count). The molecule has 18 heavy (non-hydrogen) atoms. The summed E-state index contributed by atoms with van der Waals surface area (Å²) < 4.78 is 4.95. The third-order valence-electron chi connectivity index (χ3n) is 2.97. The van der Waals surface area contributed by atoms with Crippen molar-refractivity contribution >= 4 is 21.8 Å². The third-order valence-corrected chi connectivity index (χ3v) is 4.34. The fourth-order valence-electron chi connectivity index (χ4n) is 1.38. The van der Waals surface area contributed by atoms with Crippen LogP contribution in [0.3, 0.4) is 0 Å². The topological polar surface area (TPSA) is 49.8 Å². The molecule has 4 nitrogen and oxygen atoms in total. The number of benzene rings is 1. The Hall–Kier alpha value is -1.23. The average molecular weight is 316 g/mol. The number of carbonyl (C=O) groups excluding carboxylic acids is 1. The number of ether oxygens (including phenoxy) is 1. The molecule has 0 aromatic heterocycles. The number of aromatic hydroxyl groups is 1. The van der Waals surface area contributed by atoms with E-state index in [0.717, 1.165) is 0 Å². The number of hydrogen-bond acceptors (Lipinski definition) is 3. The Morgan fingerprint density at radius 1 is 1.50 bits per heavy atom. The number of amides is 1. The standard InChI is InChI=1S/C13H18BrNO3/c1-13(2,8-14)15(3)12(17)9-5-6-11(18-4)10(16)7-9/h5-7,16H,8H2,1-4H3. The lowest BCUT2D eigenvalue weighted by Gasteiger charge is -2.34. The van der Waals surface area contributed by atoms with Gasteiger partial charge in [0.15, 0.2) is 11.5 Å². The molecule has 0 heterocycles. The van der Waals surface area contributed by atoms with E-state index >= 15 is 0 Å². The number of halogens is 1. The summed E-state index contributed by atoms with van der Waals surface area (Å²) in [5.74, 6) is 0.180. The van der Waals surface area contributed by atoms with Crippen molar-refractivity contribution in [2.75, 3.05) is 19.5 Å². The summed E-state index contributed by atoms with van der Waals surface area (Å²) in [7, 11) is 3.21. The lowest BCUT2D eigenvalue weighted by Crippen LogP contribution is -2.46. The lowest BCUT2D eigenvalue weighted by molar-refractivity contribution is 0.0663. The summed E-state index contributed by atoms with van der Waals surface area (Å²) >= 11 is 3.39. The van der Waals surface area contributed by atoms with Crippen molar-refractivity contribution in [2.24, 2.45) is 0 Å². The summed E-state index contributed by atoms with van der Waals surface area (Å²) in [5, 5.41) is 10.3. The minimum absolute atomic E-state index is 0.0339. The van der Waals surface area contributed by atoms with Gasteiger partial charge < -0.3 is 14.7 Å². The molecule has 0 spiro atoms. The summed E-state index contributed by atoms with van der Waals surface area (Å²) in [4.78, 5) is 13.9. The second kappa shape index (κ2) is 5.61. The molecule has 0 aliphatic carbocycles. The molecule has 0 radical (unpaired) electrons. The smallest absolute Gasteiger partial charge is 0.254 e. The number of phenolic OH excluding ortho intramolecular Hbond substituents is 1. The molecule has 1 aromatic carbocycles. The molecule has 1 amide bonds. The molecular weight excluding hydrogens is 298 g/mol. The van der Waals surface area contributed by atoms with E-state index in [4.69, 9.17) is 4.74 Å². The van der Waals surface area contributed by atoms with E-state index in [1.807, 2.05) is 13.8 Å². The van der Waals surface area contributed by atoms with Gasteiger partial charge in [0.1, 0.15) is 0 Å². The Labute approximate surface area is 116 Å². The van der Waals surface area contributed by atoms with Crippen molar-refractivity contribution in [3.8, 4) is 11.5 Å². The summed E-state index contributed by atoms with van der Waals surface area (Å²) in [6.07, 6.45) is 0. The van der Waals surface area contributed by atoms with Gasteiger partial charge in [-0.3, -0.25) is 4.79 Å². The zero-order valence-corrected chi connectivity index (χ0v) is 12.6. The molecule has 0 aliphatic heterocycles. The largest absolute Gasteiger partial charge is 0.504 e. The molecule has 0 bridgehead atoms. The first-order chi connectivity index (χ1) is 8.33. The first-order valence-electron chi connectivity index (χ1n) is 5.54. The van der Waals surface area contributed by atoms with E-state index in [0.29, 0.717) is 16.6 Å². The summed E-state index contributed by atoms with van der Waals surface area (Å²) in [5.41, 5.74) is 0.136. The molecular formula is C13H18BrNO3. The van der Waals surface area contributed by atoms with Gasteiger partial charge in [-0.05, 0) is 32.0 Å². The van der Waals surface area contributed by atoms with Crippen LogP contribution in [0.1, 0.15) is 24.2 Å². The van der Waals surface area contributed by atoms with Crippen LogP contribution in [-0.2, 0) is 0 Å². The summed E-state index contributed by atoms with van der Waals surface area (Å²) in [6.45, 7) is 3.92. The second-order valence-corrected chi connectivity index (χ2v) is 5.26. The average Bonchev–Trinajstić information content (AvgIpc) is 2.36. The van der Waals surface area contributed by atoms with Crippen LogP contribution < -0.4 is 4.74 Å². The van der Waals surface area contributed by atoms with Gasteiger partial charge in [-0.25, -0.2) is 0 Å². The van der Waals surface area contributed by atoms with Crippen LogP contribution in [-0.4, -0.2) is 40.9 Å². The van der Waals surface area contributed by atoms with Crippen molar-refractivity contribution in [2.45, 2.75) is 19.4 Å². The number of hydrogen-bond donors (Lipinski definition) is 1. The van der Waals surface area contributed by atoms with Gasteiger partial charge in [0.05, 0.1) is 7.11 Å². The fourth-order valence-corrected chi connectivity index (χ4v) is 1.76. The molecule has 0 saturated carbocycles. The Morgan fingerprint density at radius 3 is 2.56 bits per heavy atom. The van der Waals surface area contributed by atoms with E-state index in [2.05, 4.69) is 15.9 Å². The number of nitrogens with zero attached hydrogens (tertiary/aromatic N) is 1. The van der Waals surface area contributed by atoms with Crippen LogP contribution in [0.2, 0.25) is 0 Å².